The van der Waals surface area contributed by atoms with Crippen molar-refractivity contribution in [2.24, 2.45) is 0 Å². The van der Waals surface area contributed by atoms with Gasteiger partial charge in [0.25, 0.3) is 0 Å². The first-order valence-electron chi connectivity index (χ1n) is 8.39. The first-order valence-corrected chi connectivity index (χ1v) is 9.27. The van der Waals surface area contributed by atoms with Gasteiger partial charge < -0.3 is 24.6 Å². The Hall–Kier alpha value is -2.06. The number of phenolic OH excluding ortho intramolecular Hbond substituents is 2. The van der Waals surface area contributed by atoms with Crippen LogP contribution in [0.5, 0.6) is 11.5 Å². The van der Waals surface area contributed by atoms with Crippen LogP contribution < -0.4 is 5.43 Å². The molecular weight excluding hydrogens is 390 g/mol. The van der Waals surface area contributed by atoms with Crippen molar-refractivity contribution in [3.05, 3.63) is 45.4 Å². The fraction of sp³-hybridized carbons (Fsp3) is 0.316. The number of phenols is 2. The number of nitrogens with zero attached hydrogens (tertiary/aromatic N) is 1. The van der Waals surface area contributed by atoms with Gasteiger partial charge in [0, 0.05) is 29.7 Å². The predicted octanol–water partition coefficient (Wildman–Crippen LogP) is 3.13. The average molecular weight is 410 g/mol. The third-order valence-corrected chi connectivity index (χ3v) is 6.03. The molecule has 2 atom stereocenters. The number of halogens is 1. The van der Waals surface area contributed by atoms with Crippen molar-refractivity contribution < 1.29 is 19.7 Å². The molecule has 1 aromatic carbocycles. The minimum atomic E-state index is -0.361. The van der Waals surface area contributed by atoms with Crippen LogP contribution >= 0.6 is 23.7 Å². The van der Waals surface area contributed by atoms with E-state index >= 15 is 0 Å². The number of likely N-dealkylation sites (N-methyl/N-ethyl adjacent to an activating group) is 1. The molecule has 0 aliphatic carbocycles. The van der Waals surface area contributed by atoms with Gasteiger partial charge in [0.15, 0.2) is 5.43 Å². The number of fused-ring (bicyclic) bond motifs is 1. The maximum absolute atomic E-state index is 12.7. The Balaban J connectivity index is 0.00000210. The molecule has 6 nitrogen and oxygen atoms in total. The number of benzene rings is 1. The van der Waals surface area contributed by atoms with Crippen molar-refractivity contribution in [2.75, 3.05) is 20.2 Å². The molecule has 0 amide bonds. The van der Waals surface area contributed by atoms with Crippen molar-refractivity contribution in [1.29, 1.82) is 0 Å². The maximum Gasteiger partial charge on any atom is 0.197 e. The van der Waals surface area contributed by atoms with E-state index in [1.807, 2.05) is 29.5 Å². The van der Waals surface area contributed by atoms with Gasteiger partial charge in [-0.2, -0.15) is 0 Å². The quantitative estimate of drug-likeness (QED) is 0.615. The Morgan fingerprint density at radius 3 is 2.74 bits per heavy atom. The van der Waals surface area contributed by atoms with Crippen LogP contribution in [0.4, 0.5) is 0 Å². The van der Waals surface area contributed by atoms with Crippen molar-refractivity contribution >= 4 is 34.7 Å². The number of aliphatic hydroxyl groups excluding tert-OH is 1. The summed E-state index contributed by atoms with van der Waals surface area (Å²) in [5, 5.41) is 32.5. The zero-order chi connectivity index (χ0) is 18.4. The molecule has 0 spiro atoms. The minimum Gasteiger partial charge on any atom is -0.507 e. The highest BCUT2D eigenvalue weighted by Crippen LogP contribution is 2.44. The van der Waals surface area contributed by atoms with E-state index in [4.69, 9.17) is 4.42 Å². The van der Waals surface area contributed by atoms with Crippen LogP contribution in [0.15, 0.2) is 38.9 Å². The molecule has 0 saturated carbocycles. The molecule has 1 aliphatic heterocycles. The Bertz CT molecular complexity index is 1020. The molecule has 1 saturated heterocycles. The molecule has 1 aliphatic rings. The van der Waals surface area contributed by atoms with Crippen molar-refractivity contribution in [1.82, 2.24) is 4.90 Å². The molecule has 0 unspecified atom stereocenters. The third kappa shape index (κ3) is 3.21. The summed E-state index contributed by atoms with van der Waals surface area (Å²) in [6.07, 6.45) is 0.710. The lowest BCUT2D eigenvalue weighted by molar-refractivity contribution is 0.172. The molecule has 4 rings (SSSR count). The van der Waals surface area contributed by atoms with Crippen molar-refractivity contribution in [3.63, 3.8) is 0 Å². The van der Waals surface area contributed by atoms with Gasteiger partial charge in [-0.05, 0) is 31.5 Å². The van der Waals surface area contributed by atoms with Gasteiger partial charge in [0.2, 0.25) is 0 Å². The molecule has 2 aromatic heterocycles. The summed E-state index contributed by atoms with van der Waals surface area (Å²) in [6, 6.07) is 6.06. The molecule has 3 N–H and O–H groups in total. The maximum atomic E-state index is 12.7. The van der Waals surface area contributed by atoms with Crippen LogP contribution in [0, 0.1) is 0 Å². The SMILES string of the molecule is CN1CC[C@H](c2c(O)cc(O)c3c(=O)cc(-c4cccs4)oc23)[C@H]1CO.Cl. The highest BCUT2D eigenvalue weighted by atomic mass is 35.5. The monoisotopic (exact) mass is 409 g/mol. The third-order valence-electron chi connectivity index (χ3n) is 5.14. The second-order valence-electron chi connectivity index (χ2n) is 6.61. The molecule has 0 bridgehead atoms. The normalized spacial score (nSPS) is 20.1. The Morgan fingerprint density at radius 2 is 2.07 bits per heavy atom. The van der Waals surface area contributed by atoms with Gasteiger partial charge in [-0.3, -0.25) is 4.79 Å². The lowest BCUT2D eigenvalue weighted by Gasteiger charge is -2.24. The van der Waals surface area contributed by atoms with E-state index in [9.17, 15) is 20.1 Å². The number of hydrogen-bond acceptors (Lipinski definition) is 7. The van der Waals surface area contributed by atoms with Gasteiger partial charge in [-0.25, -0.2) is 0 Å². The number of aromatic hydroxyl groups is 2. The van der Waals surface area contributed by atoms with E-state index in [1.165, 1.54) is 23.5 Å². The standard InChI is InChI=1S/C19H19NO5S.ClH/c1-20-5-4-10(11(20)9-21)17-12(22)7-13(23)18-14(24)8-15(25-19(17)18)16-3-2-6-26-16;/h2-3,6-8,10-11,21-23H,4-5,9H2,1H3;1H/t10-,11+;/m0./s1. The summed E-state index contributed by atoms with van der Waals surface area (Å²) in [6.45, 7) is 0.685. The number of hydrogen-bond donors (Lipinski definition) is 3. The van der Waals surface area contributed by atoms with Gasteiger partial charge in [0.05, 0.1) is 11.5 Å². The Labute approximate surface area is 165 Å². The molecule has 1 fully saturated rings. The summed E-state index contributed by atoms with van der Waals surface area (Å²) >= 11 is 1.44. The molecule has 144 valence electrons. The second kappa shape index (κ2) is 7.52. The zero-order valence-corrected chi connectivity index (χ0v) is 16.2. The van der Waals surface area contributed by atoms with Crippen LogP contribution in [-0.4, -0.2) is 46.5 Å². The summed E-state index contributed by atoms with van der Waals surface area (Å²) in [7, 11) is 1.91. The van der Waals surface area contributed by atoms with Gasteiger partial charge in [0.1, 0.15) is 28.2 Å². The van der Waals surface area contributed by atoms with Gasteiger partial charge >= 0.3 is 0 Å². The summed E-state index contributed by atoms with van der Waals surface area (Å²) in [4.78, 5) is 15.5. The molecule has 3 aromatic rings. The van der Waals surface area contributed by atoms with E-state index < -0.39 is 0 Å². The largest absolute Gasteiger partial charge is 0.507 e. The fourth-order valence-corrected chi connectivity index (χ4v) is 4.51. The van der Waals surface area contributed by atoms with E-state index in [0.717, 1.165) is 11.4 Å². The molecule has 8 heteroatoms. The van der Waals surface area contributed by atoms with Crippen molar-refractivity contribution in [3.8, 4) is 22.1 Å². The Kier molecular flexibility index (Phi) is 5.48. The highest BCUT2D eigenvalue weighted by Gasteiger charge is 2.36. The molecule has 27 heavy (non-hydrogen) atoms. The number of aliphatic hydroxyl groups is 1. The summed E-state index contributed by atoms with van der Waals surface area (Å²) in [5.74, 6) is -0.231. The Morgan fingerprint density at radius 1 is 1.30 bits per heavy atom. The van der Waals surface area contributed by atoms with Gasteiger partial charge in [-0.1, -0.05) is 6.07 Å². The van der Waals surface area contributed by atoms with E-state index in [-0.39, 0.29) is 58.9 Å². The van der Waals surface area contributed by atoms with Crippen molar-refractivity contribution in [2.45, 2.75) is 18.4 Å². The molecule has 0 radical (unpaired) electrons. The van der Waals surface area contributed by atoms with E-state index in [0.29, 0.717) is 17.7 Å². The number of thiophene rings is 1. The molecule has 3 heterocycles. The molecular formula is C19H20ClNO5S. The lowest BCUT2D eigenvalue weighted by atomic mass is 9.89. The van der Waals surface area contributed by atoms with Crippen LogP contribution in [0.25, 0.3) is 21.6 Å². The summed E-state index contributed by atoms with van der Waals surface area (Å²) < 4.78 is 6.01. The first kappa shape index (κ1) is 19.7. The van der Waals surface area contributed by atoms with Crippen LogP contribution in [0.1, 0.15) is 17.9 Å². The minimum absolute atomic E-state index is 0. The van der Waals surface area contributed by atoms with Gasteiger partial charge in [-0.15, -0.1) is 23.7 Å². The lowest BCUT2D eigenvalue weighted by Crippen LogP contribution is -2.32. The van der Waals surface area contributed by atoms with Crippen LogP contribution in [-0.2, 0) is 0 Å². The smallest absolute Gasteiger partial charge is 0.197 e. The fourth-order valence-electron chi connectivity index (χ4n) is 3.83. The average Bonchev–Trinajstić information content (AvgIpc) is 3.24. The zero-order valence-electron chi connectivity index (χ0n) is 14.6. The first-order chi connectivity index (χ1) is 12.5. The predicted molar refractivity (Wildman–Crippen MR) is 107 cm³/mol. The van der Waals surface area contributed by atoms with E-state index in [2.05, 4.69) is 0 Å². The number of likely N-dealkylation sites (tertiary alicyclic amines) is 1. The second-order valence-corrected chi connectivity index (χ2v) is 7.56. The number of rotatable bonds is 3. The van der Waals surface area contributed by atoms with Crippen LogP contribution in [0.3, 0.4) is 0 Å². The summed E-state index contributed by atoms with van der Waals surface area (Å²) in [5.41, 5.74) is 0.300. The topological polar surface area (TPSA) is 94.1 Å². The van der Waals surface area contributed by atoms with Crippen LogP contribution in [0.2, 0.25) is 0 Å². The van der Waals surface area contributed by atoms with E-state index in [1.54, 1.807) is 0 Å². The highest BCUT2D eigenvalue weighted by molar-refractivity contribution is 7.13.